The topological polar surface area (TPSA) is 95.5 Å². The van der Waals surface area contributed by atoms with Gasteiger partial charge >= 0.3 is 5.97 Å². The van der Waals surface area contributed by atoms with Crippen molar-refractivity contribution >= 4 is 17.8 Å². The second kappa shape index (κ2) is 11.4. The van der Waals surface area contributed by atoms with E-state index in [0.717, 1.165) is 24.8 Å². The summed E-state index contributed by atoms with van der Waals surface area (Å²) in [5, 5.41) is 14.5. The zero-order valence-electron chi connectivity index (χ0n) is 15.8. The molecule has 2 amide bonds. The van der Waals surface area contributed by atoms with Gasteiger partial charge in [0.2, 0.25) is 11.8 Å². The summed E-state index contributed by atoms with van der Waals surface area (Å²) in [4.78, 5) is 35.1. The van der Waals surface area contributed by atoms with Crippen molar-refractivity contribution in [3.8, 4) is 0 Å². The SMILES string of the molecule is O=C(O)CCC(CC1CCCCC1)NC(=O)CNC(=O)Cc1ccccc1. The van der Waals surface area contributed by atoms with Crippen molar-refractivity contribution in [1.29, 1.82) is 0 Å². The Morgan fingerprint density at radius 2 is 1.74 bits per heavy atom. The molecule has 27 heavy (non-hydrogen) atoms. The van der Waals surface area contributed by atoms with E-state index in [1.54, 1.807) is 0 Å². The maximum atomic E-state index is 12.2. The summed E-state index contributed by atoms with van der Waals surface area (Å²) in [6.07, 6.45) is 7.49. The molecule has 0 radical (unpaired) electrons. The molecule has 1 aliphatic rings. The molecule has 0 heterocycles. The number of carboxylic acids is 1. The van der Waals surface area contributed by atoms with Gasteiger partial charge in [-0.05, 0) is 24.3 Å². The van der Waals surface area contributed by atoms with E-state index in [1.165, 1.54) is 19.3 Å². The lowest BCUT2D eigenvalue weighted by molar-refractivity contribution is -0.137. The minimum absolute atomic E-state index is 0.0397. The zero-order valence-corrected chi connectivity index (χ0v) is 15.8. The van der Waals surface area contributed by atoms with Crippen molar-refractivity contribution in [2.24, 2.45) is 5.92 Å². The molecular weight excluding hydrogens is 344 g/mol. The van der Waals surface area contributed by atoms with Crippen LogP contribution >= 0.6 is 0 Å². The molecular formula is C21H30N2O4. The number of benzene rings is 1. The lowest BCUT2D eigenvalue weighted by atomic mass is 9.84. The second-order valence-electron chi connectivity index (χ2n) is 7.38. The molecule has 6 heteroatoms. The molecule has 0 bridgehead atoms. The fourth-order valence-corrected chi connectivity index (χ4v) is 3.67. The highest BCUT2D eigenvalue weighted by atomic mass is 16.4. The number of hydrogen-bond acceptors (Lipinski definition) is 3. The molecule has 2 rings (SSSR count). The van der Waals surface area contributed by atoms with E-state index in [9.17, 15) is 14.4 Å². The van der Waals surface area contributed by atoms with Gasteiger partial charge in [0.05, 0.1) is 13.0 Å². The van der Waals surface area contributed by atoms with Crippen molar-refractivity contribution < 1.29 is 19.5 Å². The number of rotatable bonds is 10. The van der Waals surface area contributed by atoms with E-state index < -0.39 is 5.97 Å². The van der Waals surface area contributed by atoms with Crippen LogP contribution in [0.5, 0.6) is 0 Å². The molecule has 1 aromatic carbocycles. The van der Waals surface area contributed by atoms with E-state index >= 15 is 0 Å². The Morgan fingerprint density at radius 1 is 1.04 bits per heavy atom. The van der Waals surface area contributed by atoms with Crippen LogP contribution in [0.25, 0.3) is 0 Å². The zero-order chi connectivity index (χ0) is 19.5. The lowest BCUT2D eigenvalue weighted by Crippen LogP contribution is -2.43. The van der Waals surface area contributed by atoms with Gasteiger partial charge in [0.15, 0.2) is 0 Å². The van der Waals surface area contributed by atoms with Crippen LogP contribution in [0, 0.1) is 5.92 Å². The van der Waals surface area contributed by atoms with Crippen molar-refractivity contribution in [1.82, 2.24) is 10.6 Å². The molecule has 6 nitrogen and oxygen atoms in total. The Bertz CT molecular complexity index is 612. The first-order valence-corrected chi connectivity index (χ1v) is 9.84. The summed E-state index contributed by atoms with van der Waals surface area (Å²) in [6.45, 7) is -0.0834. The minimum Gasteiger partial charge on any atom is -0.481 e. The van der Waals surface area contributed by atoms with Gasteiger partial charge in [-0.2, -0.15) is 0 Å². The van der Waals surface area contributed by atoms with Gasteiger partial charge in [0.1, 0.15) is 0 Å². The third-order valence-corrected chi connectivity index (χ3v) is 5.07. The monoisotopic (exact) mass is 374 g/mol. The van der Waals surface area contributed by atoms with Crippen LogP contribution in [0.3, 0.4) is 0 Å². The number of amides is 2. The number of hydrogen-bond donors (Lipinski definition) is 3. The Morgan fingerprint density at radius 3 is 2.41 bits per heavy atom. The quantitative estimate of drug-likeness (QED) is 0.587. The van der Waals surface area contributed by atoms with Gasteiger partial charge in [0.25, 0.3) is 0 Å². The Hall–Kier alpha value is -2.37. The van der Waals surface area contributed by atoms with Crippen LogP contribution in [0.4, 0.5) is 0 Å². The average Bonchev–Trinajstić information content (AvgIpc) is 2.66. The first kappa shape index (κ1) is 20.9. The van der Waals surface area contributed by atoms with Crippen LogP contribution in [0.2, 0.25) is 0 Å². The van der Waals surface area contributed by atoms with Gasteiger partial charge in [-0.25, -0.2) is 0 Å². The highest BCUT2D eigenvalue weighted by Gasteiger charge is 2.21. The molecule has 1 atom stereocenters. The third-order valence-electron chi connectivity index (χ3n) is 5.07. The van der Waals surface area contributed by atoms with Gasteiger partial charge < -0.3 is 15.7 Å². The predicted octanol–water partition coefficient (Wildman–Crippen LogP) is 2.67. The van der Waals surface area contributed by atoms with Crippen molar-refractivity contribution in [3.63, 3.8) is 0 Å². The number of carbonyl (C=O) groups is 3. The molecule has 0 aromatic heterocycles. The predicted molar refractivity (Wildman–Crippen MR) is 103 cm³/mol. The lowest BCUT2D eigenvalue weighted by Gasteiger charge is -2.27. The Labute approximate surface area is 160 Å². The van der Waals surface area contributed by atoms with E-state index in [-0.39, 0.29) is 37.2 Å². The average molecular weight is 374 g/mol. The normalized spacial score (nSPS) is 15.7. The van der Waals surface area contributed by atoms with E-state index in [2.05, 4.69) is 10.6 Å². The molecule has 148 valence electrons. The fraction of sp³-hybridized carbons (Fsp3) is 0.571. The highest BCUT2D eigenvalue weighted by molar-refractivity contribution is 5.85. The summed E-state index contributed by atoms with van der Waals surface area (Å²) in [5.74, 6) is -0.770. The summed E-state index contributed by atoms with van der Waals surface area (Å²) in [7, 11) is 0. The van der Waals surface area contributed by atoms with Crippen LogP contribution in [0.1, 0.15) is 56.9 Å². The summed E-state index contributed by atoms with van der Waals surface area (Å²) in [6, 6.07) is 9.21. The second-order valence-corrected chi connectivity index (χ2v) is 7.38. The first-order chi connectivity index (χ1) is 13.0. The summed E-state index contributed by atoms with van der Waals surface area (Å²) < 4.78 is 0. The van der Waals surface area contributed by atoms with Gasteiger partial charge in [-0.1, -0.05) is 62.4 Å². The van der Waals surface area contributed by atoms with Crippen molar-refractivity contribution in [2.75, 3.05) is 6.54 Å². The minimum atomic E-state index is -0.853. The molecule has 1 aromatic rings. The third kappa shape index (κ3) is 8.71. The van der Waals surface area contributed by atoms with Gasteiger partial charge in [-0.15, -0.1) is 0 Å². The Balaban J connectivity index is 1.77. The summed E-state index contributed by atoms with van der Waals surface area (Å²) in [5.41, 5.74) is 0.895. The van der Waals surface area contributed by atoms with Crippen LogP contribution in [-0.2, 0) is 20.8 Å². The summed E-state index contributed by atoms with van der Waals surface area (Å²) >= 11 is 0. The van der Waals surface area contributed by atoms with E-state index in [0.29, 0.717) is 12.3 Å². The Kier molecular flexibility index (Phi) is 8.81. The largest absolute Gasteiger partial charge is 0.481 e. The first-order valence-electron chi connectivity index (χ1n) is 9.84. The maximum absolute atomic E-state index is 12.2. The standard InChI is InChI=1S/C21H30N2O4/c24-19(14-17-9-5-2-6-10-17)22-15-20(25)23-18(11-12-21(26)27)13-16-7-3-1-4-8-16/h2,5-6,9-10,16,18H,1,3-4,7-8,11-15H2,(H,22,24)(H,23,25)(H,26,27). The molecule has 1 aliphatic carbocycles. The number of nitrogens with one attached hydrogen (secondary N) is 2. The molecule has 0 spiro atoms. The van der Waals surface area contributed by atoms with E-state index in [4.69, 9.17) is 5.11 Å². The van der Waals surface area contributed by atoms with Gasteiger partial charge in [0, 0.05) is 12.5 Å². The van der Waals surface area contributed by atoms with Crippen molar-refractivity contribution in [2.45, 2.75) is 63.8 Å². The van der Waals surface area contributed by atoms with Crippen LogP contribution in [-0.4, -0.2) is 35.5 Å². The molecule has 0 aliphatic heterocycles. The van der Waals surface area contributed by atoms with Gasteiger partial charge in [-0.3, -0.25) is 14.4 Å². The fourth-order valence-electron chi connectivity index (χ4n) is 3.67. The van der Waals surface area contributed by atoms with Crippen LogP contribution < -0.4 is 10.6 Å². The van der Waals surface area contributed by atoms with E-state index in [1.807, 2.05) is 30.3 Å². The smallest absolute Gasteiger partial charge is 0.303 e. The van der Waals surface area contributed by atoms with Crippen LogP contribution in [0.15, 0.2) is 30.3 Å². The molecule has 1 fully saturated rings. The molecule has 3 N–H and O–H groups in total. The highest BCUT2D eigenvalue weighted by Crippen LogP contribution is 2.28. The number of aliphatic carboxylic acids is 1. The number of carboxylic acid groups (broad SMARTS) is 1. The van der Waals surface area contributed by atoms with Crippen molar-refractivity contribution in [3.05, 3.63) is 35.9 Å². The molecule has 1 unspecified atom stereocenters. The maximum Gasteiger partial charge on any atom is 0.303 e. The molecule has 1 saturated carbocycles. The molecule has 0 saturated heterocycles. The number of carbonyl (C=O) groups excluding carboxylic acids is 2.